The molecule has 1 aliphatic carbocycles. The molecule has 0 heterocycles. The Balaban J connectivity index is 1.67. The fourth-order valence-electron chi connectivity index (χ4n) is 3.13. The van der Waals surface area contributed by atoms with E-state index in [1.54, 1.807) is 11.0 Å². The van der Waals surface area contributed by atoms with Gasteiger partial charge in [0.2, 0.25) is 0 Å². The topological polar surface area (TPSA) is 32.3 Å². The smallest absolute Gasteiger partial charge is 0.318 e. The molecule has 0 saturated heterocycles. The highest BCUT2D eigenvalue weighted by atomic mass is 19.1. The molecule has 2 aromatic rings. The van der Waals surface area contributed by atoms with E-state index >= 15 is 0 Å². The zero-order valence-corrected chi connectivity index (χ0v) is 13.3. The summed E-state index contributed by atoms with van der Waals surface area (Å²) < 4.78 is 13.3. The van der Waals surface area contributed by atoms with Crippen LogP contribution in [-0.2, 0) is 13.0 Å². The third-order valence-electron chi connectivity index (χ3n) is 4.36. The molecule has 0 saturated carbocycles. The minimum atomic E-state index is -0.274. The Morgan fingerprint density at radius 1 is 1.26 bits per heavy atom. The molecule has 2 aromatic carbocycles. The second-order valence-electron chi connectivity index (χ2n) is 5.88. The number of fused-ring (bicyclic) bond motifs is 1. The highest BCUT2D eigenvalue weighted by Gasteiger charge is 2.25. The molecule has 0 aromatic heterocycles. The van der Waals surface area contributed by atoms with Gasteiger partial charge >= 0.3 is 6.03 Å². The van der Waals surface area contributed by atoms with Crippen LogP contribution in [0, 0.1) is 5.82 Å². The van der Waals surface area contributed by atoms with E-state index < -0.39 is 0 Å². The maximum atomic E-state index is 13.3. The van der Waals surface area contributed by atoms with E-state index in [0.717, 1.165) is 18.4 Å². The summed E-state index contributed by atoms with van der Waals surface area (Å²) in [5.74, 6) is -0.274. The average molecular weight is 312 g/mol. The number of benzene rings is 2. The van der Waals surface area contributed by atoms with E-state index in [4.69, 9.17) is 0 Å². The number of rotatable bonds is 4. The Labute approximate surface area is 136 Å². The van der Waals surface area contributed by atoms with Gasteiger partial charge in [-0.25, -0.2) is 9.18 Å². The predicted octanol–water partition coefficient (Wildman–Crippen LogP) is 4.04. The molecule has 0 bridgehead atoms. The van der Waals surface area contributed by atoms with Gasteiger partial charge in [-0.3, -0.25) is 0 Å². The molecule has 3 nitrogen and oxygen atoms in total. The van der Waals surface area contributed by atoms with Crippen LogP contribution in [0.2, 0.25) is 0 Å². The van der Waals surface area contributed by atoms with E-state index in [0.29, 0.717) is 13.1 Å². The lowest BCUT2D eigenvalue weighted by molar-refractivity contribution is 0.194. The van der Waals surface area contributed by atoms with Gasteiger partial charge in [0, 0.05) is 13.1 Å². The molecule has 23 heavy (non-hydrogen) atoms. The van der Waals surface area contributed by atoms with E-state index in [-0.39, 0.29) is 17.9 Å². The predicted molar refractivity (Wildman–Crippen MR) is 88.5 cm³/mol. The lowest BCUT2D eigenvalue weighted by Gasteiger charge is -2.24. The molecule has 1 aliphatic rings. The monoisotopic (exact) mass is 312 g/mol. The third kappa shape index (κ3) is 3.52. The Morgan fingerprint density at radius 2 is 2.09 bits per heavy atom. The van der Waals surface area contributed by atoms with Gasteiger partial charge in [-0.2, -0.15) is 0 Å². The first kappa shape index (κ1) is 15.5. The number of hydrogen-bond acceptors (Lipinski definition) is 1. The summed E-state index contributed by atoms with van der Waals surface area (Å²) in [6, 6.07) is 14.6. The van der Waals surface area contributed by atoms with E-state index in [1.807, 2.05) is 25.1 Å². The summed E-state index contributed by atoms with van der Waals surface area (Å²) in [5.41, 5.74) is 3.32. The van der Waals surface area contributed by atoms with Gasteiger partial charge < -0.3 is 10.2 Å². The van der Waals surface area contributed by atoms with Gasteiger partial charge in [-0.15, -0.1) is 0 Å². The summed E-state index contributed by atoms with van der Waals surface area (Å²) in [6.45, 7) is 2.92. The van der Waals surface area contributed by atoms with Crippen LogP contribution >= 0.6 is 0 Å². The first-order valence-corrected chi connectivity index (χ1v) is 8.05. The van der Waals surface area contributed by atoms with Crippen molar-refractivity contribution >= 4 is 6.03 Å². The lowest BCUT2D eigenvalue weighted by Crippen LogP contribution is -2.40. The molecule has 3 rings (SSSR count). The number of halogens is 1. The van der Waals surface area contributed by atoms with Crippen LogP contribution in [0.4, 0.5) is 9.18 Å². The summed E-state index contributed by atoms with van der Waals surface area (Å²) in [7, 11) is 0. The van der Waals surface area contributed by atoms with Crippen LogP contribution in [0.25, 0.3) is 0 Å². The maximum absolute atomic E-state index is 13.3. The van der Waals surface area contributed by atoms with Crippen molar-refractivity contribution in [3.8, 4) is 0 Å². The molecular weight excluding hydrogens is 291 g/mol. The molecule has 1 atom stereocenters. The van der Waals surface area contributed by atoms with Crippen molar-refractivity contribution in [1.82, 2.24) is 10.2 Å². The van der Waals surface area contributed by atoms with Gasteiger partial charge in [0.25, 0.3) is 0 Å². The normalized spacial score (nSPS) is 16.0. The van der Waals surface area contributed by atoms with Crippen molar-refractivity contribution in [2.24, 2.45) is 0 Å². The second-order valence-corrected chi connectivity index (χ2v) is 5.88. The minimum Gasteiger partial charge on any atom is -0.331 e. The average Bonchev–Trinajstić information content (AvgIpc) is 2.96. The molecule has 0 radical (unpaired) electrons. The van der Waals surface area contributed by atoms with Crippen molar-refractivity contribution in [2.75, 3.05) is 6.54 Å². The number of urea groups is 1. The van der Waals surface area contributed by atoms with Crippen LogP contribution in [0.3, 0.4) is 0 Å². The van der Waals surface area contributed by atoms with Gasteiger partial charge in [0.15, 0.2) is 0 Å². The molecule has 4 heteroatoms. The molecular formula is C19H21FN2O. The Morgan fingerprint density at radius 3 is 2.87 bits per heavy atom. The number of aryl methyl sites for hydroxylation is 1. The van der Waals surface area contributed by atoms with Gasteiger partial charge in [-0.05, 0) is 48.6 Å². The van der Waals surface area contributed by atoms with Crippen molar-refractivity contribution in [3.63, 3.8) is 0 Å². The van der Waals surface area contributed by atoms with Crippen LogP contribution < -0.4 is 5.32 Å². The standard InChI is InChI=1S/C19H21FN2O/c1-2-22(13-14-6-5-8-16(20)12-14)19(23)21-18-11-10-15-7-3-4-9-17(15)18/h3-9,12,18H,2,10-11,13H2,1H3,(H,21,23). The van der Waals surface area contributed by atoms with Crippen molar-refractivity contribution in [1.29, 1.82) is 0 Å². The first-order chi connectivity index (χ1) is 11.2. The summed E-state index contributed by atoms with van der Waals surface area (Å²) in [4.78, 5) is 14.3. The summed E-state index contributed by atoms with van der Waals surface area (Å²) in [5, 5.41) is 3.11. The highest BCUT2D eigenvalue weighted by Crippen LogP contribution is 2.30. The van der Waals surface area contributed by atoms with Crippen LogP contribution in [0.15, 0.2) is 48.5 Å². The fraction of sp³-hybridized carbons (Fsp3) is 0.316. The van der Waals surface area contributed by atoms with Crippen LogP contribution in [0.1, 0.15) is 36.1 Å². The quantitative estimate of drug-likeness (QED) is 0.908. The number of amides is 2. The van der Waals surface area contributed by atoms with Crippen molar-refractivity contribution in [3.05, 3.63) is 71.0 Å². The number of nitrogens with one attached hydrogen (secondary N) is 1. The maximum Gasteiger partial charge on any atom is 0.318 e. The van der Waals surface area contributed by atoms with Gasteiger partial charge in [0.05, 0.1) is 6.04 Å². The molecule has 120 valence electrons. The zero-order valence-electron chi connectivity index (χ0n) is 13.3. The number of carbonyl (C=O) groups is 1. The Bertz CT molecular complexity index is 701. The van der Waals surface area contributed by atoms with Gasteiger partial charge in [0.1, 0.15) is 5.82 Å². The fourth-order valence-corrected chi connectivity index (χ4v) is 3.13. The molecule has 0 fully saturated rings. The van der Waals surface area contributed by atoms with Crippen molar-refractivity contribution < 1.29 is 9.18 Å². The SMILES string of the molecule is CCN(Cc1cccc(F)c1)C(=O)NC1CCc2ccccc21. The lowest BCUT2D eigenvalue weighted by atomic mass is 10.1. The number of nitrogens with zero attached hydrogens (tertiary/aromatic N) is 1. The molecule has 1 N–H and O–H groups in total. The van der Waals surface area contributed by atoms with E-state index in [9.17, 15) is 9.18 Å². The van der Waals surface area contributed by atoms with E-state index in [1.165, 1.54) is 23.3 Å². The summed E-state index contributed by atoms with van der Waals surface area (Å²) >= 11 is 0. The molecule has 0 aliphatic heterocycles. The Kier molecular flexibility index (Phi) is 4.60. The van der Waals surface area contributed by atoms with Gasteiger partial charge in [-0.1, -0.05) is 36.4 Å². The number of carbonyl (C=O) groups excluding carboxylic acids is 1. The minimum absolute atomic E-state index is 0.0697. The Hall–Kier alpha value is -2.36. The highest BCUT2D eigenvalue weighted by molar-refractivity contribution is 5.75. The first-order valence-electron chi connectivity index (χ1n) is 8.05. The molecule has 2 amide bonds. The van der Waals surface area contributed by atoms with Crippen LogP contribution in [-0.4, -0.2) is 17.5 Å². The number of hydrogen-bond donors (Lipinski definition) is 1. The molecule has 0 spiro atoms. The van der Waals surface area contributed by atoms with Crippen LogP contribution in [0.5, 0.6) is 0 Å². The van der Waals surface area contributed by atoms with Crippen molar-refractivity contribution in [2.45, 2.75) is 32.4 Å². The van der Waals surface area contributed by atoms with E-state index in [2.05, 4.69) is 17.4 Å². The largest absolute Gasteiger partial charge is 0.331 e. The summed E-state index contributed by atoms with van der Waals surface area (Å²) in [6.07, 6.45) is 1.93. The zero-order chi connectivity index (χ0) is 16.2. The second kappa shape index (κ2) is 6.82. The third-order valence-corrected chi connectivity index (χ3v) is 4.36. The molecule has 1 unspecified atom stereocenters.